The third kappa shape index (κ3) is 3.19. The number of benzene rings is 2. The summed E-state index contributed by atoms with van der Waals surface area (Å²) in [4.78, 5) is 27.4. The molecular weight excluding hydrogens is 374 g/mol. The highest BCUT2D eigenvalue weighted by Crippen LogP contribution is 2.32. The number of hydrogen-bond donors (Lipinski definition) is 1. The van der Waals surface area contributed by atoms with Crippen LogP contribution < -0.4 is 5.32 Å². The number of aliphatic imine (C=N–C) groups is 1. The van der Waals surface area contributed by atoms with E-state index in [1.54, 1.807) is 18.2 Å². The summed E-state index contributed by atoms with van der Waals surface area (Å²) in [7, 11) is 0. The van der Waals surface area contributed by atoms with Gasteiger partial charge in [0.2, 0.25) is 0 Å². The van der Waals surface area contributed by atoms with E-state index in [1.807, 2.05) is 18.2 Å². The molecule has 0 bridgehead atoms. The lowest BCUT2D eigenvalue weighted by atomic mass is 10.2. The van der Waals surface area contributed by atoms with Gasteiger partial charge in [-0.25, -0.2) is 4.99 Å². The van der Waals surface area contributed by atoms with Crippen LogP contribution in [0.25, 0.3) is 17.1 Å². The van der Waals surface area contributed by atoms with Crippen molar-refractivity contribution in [2.45, 2.75) is 0 Å². The first-order chi connectivity index (χ1) is 12.6. The van der Waals surface area contributed by atoms with Gasteiger partial charge in [0.05, 0.1) is 21.6 Å². The van der Waals surface area contributed by atoms with Crippen molar-refractivity contribution in [2.24, 2.45) is 4.99 Å². The maximum Gasteiger partial charge on any atom is 0.294 e. The van der Waals surface area contributed by atoms with E-state index in [0.717, 1.165) is 40.1 Å². The molecule has 0 atom stereocenters. The Labute approximate surface area is 155 Å². The number of thioether (sulfide) groups is 1. The monoisotopic (exact) mass is 383 g/mol. The van der Waals surface area contributed by atoms with Crippen molar-refractivity contribution in [1.29, 1.82) is 0 Å². The van der Waals surface area contributed by atoms with E-state index in [1.165, 1.54) is 12.1 Å². The van der Waals surface area contributed by atoms with E-state index >= 15 is 0 Å². The highest BCUT2D eigenvalue weighted by Gasteiger charge is 2.25. The number of para-hydroxylation sites is 2. The van der Waals surface area contributed by atoms with Crippen molar-refractivity contribution in [3.05, 3.63) is 63.0 Å². The average molecular weight is 383 g/mol. The van der Waals surface area contributed by atoms with E-state index in [-0.39, 0.29) is 17.3 Å². The normalized spacial score (nSPS) is 17.2. The number of nitrogens with one attached hydrogen (secondary N) is 1. The zero-order valence-electron chi connectivity index (χ0n) is 12.9. The summed E-state index contributed by atoms with van der Waals surface area (Å²) in [6, 6.07) is 11.7. The first-order valence-electron chi connectivity index (χ1n) is 7.35. The van der Waals surface area contributed by atoms with Gasteiger partial charge in [0.25, 0.3) is 11.6 Å². The summed E-state index contributed by atoms with van der Waals surface area (Å²) >= 11 is 2.26. The summed E-state index contributed by atoms with van der Waals surface area (Å²) in [5, 5.41) is 14.0. The van der Waals surface area contributed by atoms with Crippen LogP contribution in [-0.2, 0) is 4.79 Å². The molecule has 0 aliphatic carbocycles. The Morgan fingerprint density at radius 3 is 2.81 bits per heavy atom. The Morgan fingerprint density at radius 1 is 1.15 bits per heavy atom. The molecule has 1 amide bonds. The van der Waals surface area contributed by atoms with E-state index in [9.17, 15) is 14.9 Å². The number of aromatic nitrogens is 2. The van der Waals surface area contributed by atoms with Gasteiger partial charge in [-0.2, -0.15) is 8.75 Å². The fraction of sp³-hybridized carbons (Fsp3) is 0. The fourth-order valence-corrected chi connectivity index (χ4v) is 3.70. The standard InChI is InChI=1S/C16H9N5O3S2/c22-15-14(8-9-5-6-10-12(7-9)20-26-19-10)25-16(18-15)17-11-3-1-2-4-13(11)21(23)24/h1-8H,(H,17,18,22)/b14-8-. The maximum atomic E-state index is 12.2. The summed E-state index contributed by atoms with van der Waals surface area (Å²) in [5.41, 5.74) is 2.46. The van der Waals surface area contributed by atoms with Gasteiger partial charge in [0, 0.05) is 6.07 Å². The summed E-state index contributed by atoms with van der Waals surface area (Å²) in [6.07, 6.45) is 1.72. The first kappa shape index (κ1) is 16.4. The Hall–Kier alpha value is -3.11. The fourth-order valence-electron chi connectivity index (χ4n) is 2.34. The summed E-state index contributed by atoms with van der Waals surface area (Å²) in [5.74, 6) is -0.302. The molecular formula is C16H9N5O3S2. The van der Waals surface area contributed by atoms with Gasteiger partial charge in [-0.1, -0.05) is 18.2 Å². The smallest absolute Gasteiger partial charge is 0.294 e. The number of hydrogen-bond acceptors (Lipinski definition) is 8. The second-order valence-corrected chi connectivity index (χ2v) is 6.80. The number of amides is 1. The second-order valence-electron chi connectivity index (χ2n) is 5.24. The quantitative estimate of drug-likeness (QED) is 0.421. The molecule has 4 rings (SSSR count). The topological polar surface area (TPSA) is 110 Å². The van der Waals surface area contributed by atoms with Crippen molar-refractivity contribution in [1.82, 2.24) is 14.1 Å². The van der Waals surface area contributed by atoms with E-state index in [4.69, 9.17) is 0 Å². The molecule has 2 aromatic carbocycles. The first-order valence-corrected chi connectivity index (χ1v) is 8.90. The largest absolute Gasteiger partial charge is 0.300 e. The minimum Gasteiger partial charge on any atom is -0.300 e. The number of carbonyl (C=O) groups is 1. The lowest BCUT2D eigenvalue weighted by molar-refractivity contribution is -0.384. The van der Waals surface area contributed by atoms with E-state index < -0.39 is 4.92 Å². The van der Waals surface area contributed by atoms with Crippen molar-refractivity contribution in [3.8, 4) is 0 Å². The number of carbonyl (C=O) groups excluding carboxylic acids is 1. The Bertz CT molecular complexity index is 1110. The molecule has 128 valence electrons. The molecule has 1 aliphatic rings. The molecule has 26 heavy (non-hydrogen) atoms. The summed E-state index contributed by atoms with van der Waals surface area (Å²) < 4.78 is 8.32. The van der Waals surface area contributed by atoms with Crippen LogP contribution in [0.2, 0.25) is 0 Å². The molecule has 8 nitrogen and oxygen atoms in total. The maximum absolute atomic E-state index is 12.2. The zero-order chi connectivity index (χ0) is 18.1. The van der Waals surface area contributed by atoms with Gasteiger partial charge in [0.1, 0.15) is 16.7 Å². The molecule has 1 N–H and O–H groups in total. The van der Waals surface area contributed by atoms with E-state index in [0.29, 0.717) is 10.1 Å². The van der Waals surface area contributed by atoms with Crippen LogP contribution in [0, 0.1) is 10.1 Å². The molecule has 0 radical (unpaired) electrons. The molecule has 1 saturated heterocycles. The van der Waals surface area contributed by atoms with Crippen LogP contribution in [-0.4, -0.2) is 24.7 Å². The Kier molecular flexibility index (Phi) is 4.19. The SMILES string of the molecule is O=C1NC(=Nc2ccccc2[N+](=O)[O-])S/C1=C\c1ccc2nsnc2c1. The predicted molar refractivity (Wildman–Crippen MR) is 101 cm³/mol. The predicted octanol–water partition coefficient (Wildman–Crippen LogP) is 3.49. The van der Waals surface area contributed by atoms with Gasteiger partial charge in [-0.15, -0.1) is 0 Å². The highest BCUT2D eigenvalue weighted by molar-refractivity contribution is 8.18. The van der Waals surface area contributed by atoms with Crippen molar-refractivity contribution >= 4 is 63.0 Å². The lowest BCUT2D eigenvalue weighted by Crippen LogP contribution is -2.19. The van der Waals surface area contributed by atoms with Gasteiger partial charge in [-0.05, 0) is 41.6 Å². The van der Waals surface area contributed by atoms with Gasteiger partial charge in [-0.3, -0.25) is 14.9 Å². The van der Waals surface area contributed by atoms with Crippen LogP contribution in [0.1, 0.15) is 5.56 Å². The van der Waals surface area contributed by atoms with Crippen molar-refractivity contribution in [2.75, 3.05) is 0 Å². The molecule has 0 spiro atoms. The van der Waals surface area contributed by atoms with Crippen LogP contribution in [0.3, 0.4) is 0 Å². The molecule has 10 heteroatoms. The van der Waals surface area contributed by atoms with Crippen molar-refractivity contribution in [3.63, 3.8) is 0 Å². The Morgan fingerprint density at radius 2 is 1.96 bits per heavy atom. The lowest BCUT2D eigenvalue weighted by Gasteiger charge is -1.98. The molecule has 1 fully saturated rings. The molecule has 3 aromatic rings. The van der Waals surface area contributed by atoms with Crippen LogP contribution >= 0.6 is 23.5 Å². The molecule has 0 saturated carbocycles. The van der Waals surface area contributed by atoms with Crippen LogP contribution in [0.4, 0.5) is 11.4 Å². The van der Waals surface area contributed by atoms with Crippen molar-refractivity contribution < 1.29 is 9.72 Å². The number of nitrogens with zero attached hydrogens (tertiary/aromatic N) is 4. The van der Waals surface area contributed by atoms with Crippen LogP contribution in [0.15, 0.2) is 52.4 Å². The third-order valence-electron chi connectivity index (χ3n) is 3.53. The molecule has 0 unspecified atom stereocenters. The van der Waals surface area contributed by atoms with Gasteiger partial charge < -0.3 is 5.32 Å². The van der Waals surface area contributed by atoms with Gasteiger partial charge in [0.15, 0.2) is 5.17 Å². The zero-order valence-corrected chi connectivity index (χ0v) is 14.6. The molecule has 2 heterocycles. The van der Waals surface area contributed by atoms with E-state index in [2.05, 4.69) is 19.1 Å². The number of fused-ring (bicyclic) bond motifs is 1. The average Bonchev–Trinajstić information content (AvgIpc) is 3.21. The molecule has 1 aromatic heterocycles. The minimum absolute atomic E-state index is 0.117. The third-order valence-corrected chi connectivity index (χ3v) is 4.99. The number of nitro benzene ring substituents is 1. The second kappa shape index (κ2) is 6.65. The Balaban J connectivity index is 1.63. The molecule has 1 aliphatic heterocycles. The number of amidine groups is 1. The number of rotatable bonds is 3. The summed E-state index contributed by atoms with van der Waals surface area (Å²) in [6.45, 7) is 0. The van der Waals surface area contributed by atoms with Crippen LogP contribution in [0.5, 0.6) is 0 Å². The minimum atomic E-state index is -0.505. The van der Waals surface area contributed by atoms with Gasteiger partial charge >= 0.3 is 0 Å². The number of nitro groups is 1. The highest BCUT2D eigenvalue weighted by atomic mass is 32.2.